The van der Waals surface area contributed by atoms with Crippen molar-refractivity contribution in [1.82, 2.24) is 0 Å². The zero-order valence-electron chi connectivity index (χ0n) is 11.4. The molecule has 0 fully saturated rings. The van der Waals surface area contributed by atoms with E-state index in [0.717, 1.165) is 10.0 Å². The Kier molecular flexibility index (Phi) is 5.30. The van der Waals surface area contributed by atoms with Gasteiger partial charge in [0.15, 0.2) is 9.84 Å². The van der Waals surface area contributed by atoms with Gasteiger partial charge < -0.3 is 5.32 Å². The van der Waals surface area contributed by atoms with E-state index in [1.165, 1.54) is 0 Å². The Hall–Kier alpha value is -1.04. The number of rotatable bonds is 5. The fourth-order valence-corrected chi connectivity index (χ4v) is 3.50. The molecule has 0 aliphatic carbocycles. The molecule has 112 valence electrons. The molecule has 0 atom stereocenters. The lowest BCUT2D eigenvalue weighted by molar-refractivity contribution is 0.597. The van der Waals surface area contributed by atoms with Crippen LogP contribution >= 0.6 is 27.5 Å². The number of anilines is 1. The van der Waals surface area contributed by atoms with Gasteiger partial charge in [0, 0.05) is 11.0 Å². The van der Waals surface area contributed by atoms with Gasteiger partial charge in [-0.15, -0.1) is 0 Å². The Morgan fingerprint density at radius 3 is 2.57 bits per heavy atom. The second-order valence-corrected chi connectivity index (χ2v) is 8.01. The number of benzene rings is 2. The number of sulfone groups is 1. The summed E-state index contributed by atoms with van der Waals surface area (Å²) in [4.78, 5) is 0.334. The number of nitrogens with one attached hydrogen (secondary N) is 1. The SMILES string of the molecule is CCS(=O)(=O)c1ccccc1NCc1ccc(Cl)c(Br)c1. The van der Waals surface area contributed by atoms with Gasteiger partial charge in [-0.2, -0.15) is 0 Å². The highest BCUT2D eigenvalue weighted by Gasteiger charge is 2.15. The van der Waals surface area contributed by atoms with Crippen LogP contribution in [0.3, 0.4) is 0 Å². The van der Waals surface area contributed by atoms with Crippen molar-refractivity contribution in [2.24, 2.45) is 0 Å². The maximum atomic E-state index is 12.1. The average Bonchev–Trinajstić information content (AvgIpc) is 2.49. The molecule has 0 unspecified atom stereocenters. The lowest BCUT2D eigenvalue weighted by atomic mass is 10.2. The van der Waals surface area contributed by atoms with Crippen molar-refractivity contribution in [2.75, 3.05) is 11.1 Å². The lowest BCUT2D eigenvalue weighted by Crippen LogP contribution is -2.09. The Balaban J connectivity index is 2.23. The highest BCUT2D eigenvalue weighted by Crippen LogP contribution is 2.25. The van der Waals surface area contributed by atoms with Crippen LogP contribution in [0.25, 0.3) is 0 Å². The summed E-state index contributed by atoms with van der Waals surface area (Å²) < 4.78 is 25.0. The standard InChI is InChI=1S/C15H15BrClNO2S/c1-2-21(19,20)15-6-4-3-5-14(15)18-10-11-7-8-13(17)12(16)9-11/h3-9,18H,2,10H2,1H3. The fraction of sp³-hybridized carbons (Fsp3) is 0.200. The van der Waals surface area contributed by atoms with Crippen molar-refractivity contribution < 1.29 is 8.42 Å². The summed E-state index contributed by atoms with van der Waals surface area (Å²) in [6.07, 6.45) is 0. The van der Waals surface area contributed by atoms with Gasteiger partial charge >= 0.3 is 0 Å². The van der Waals surface area contributed by atoms with Crippen molar-refractivity contribution in [1.29, 1.82) is 0 Å². The van der Waals surface area contributed by atoms with Crippen LogP contribution in [-0.2, 0) is 16.4 Å². The van der Waals surface area contributed by atoms with Gasteiger partial charge in [0.25, 0.3) is 0 Å². The number of para-hydroxylation sites is 1. The molecule has 6 heteroatoms. The molecular formula is C15H15BrClNO2S. The summed E-state index contributed by atoms with van der Waals surface area (Å²) in [6, 6.07) is 12.6. The minimum absolute atomic E-state index is 0.0815. The van der Waals surface area contributed by atoms with Crippen molar-refractivity contribution in [3.05, 3.63) is 57.5 Å². The highest BCUT2D eigenvalue weighted by molar-refractivity contribution is 9.10. The third-order valence-corrected chi connectivity index (χ3v) is 6.07. The molecule has 0 aliphatic heterocycles. The summed E-state index contributed by atoms with van der Waals surface area (Å²) in [5, 5.41) is 3.82. The topological polar surface area (TPSA) is 46.2 Å². The fourth-order valence-electron chi connectivity index (χ4n) is 1.89. The first-order valence-electron chi connectivity index (χ1n) is 6.43. The molecule has 1 N–H and O–H groups in total. The molecule has 0 saturated heterocycles. The van der Waals surface area contributed by atoms with Crippen LogP contribution in [0.1, 0.15) is 12.5 Å². The Morgan fingerprint density at radius 2 is 1.90 bits per heavy atom. The van der Waals surface area contributed by atoms with E-state index in [9.17, 15) is 8.42 Å². The third kappa shape index (κ3) is 3.99. The largest absolute Gasteiger partial charge is 0.380 e. The molecule has 0 saturated carbocycles. The summed E-state index contributed by atoms with van der Waals surface area (Å²) in [7, 11) is -3.24. The van der Waals surface area contributed by atoms with Gasteiger partial charge in [0.2, 0.25) is 0 Å². The second-order valence-electron chi connectivity index (χ2n) is 4.50. The van der Waals surface area contributed by atoms with Crippen LogP contribution in [0.15, 0.2) is 51.8 Å². The molecule has 0 amide bonds. The number of hydrogen-bond donors (Lipinski definition) is 1. The molecule has 0 heterocycles. The summed E-state index contributed by atoms with van der Waals surface area (Å²) >= 11 is 9.33. The molecule has 2 aromatic carbocycles. The van der Waals surface area contributed by atoms with E-state index in [-0.39, 0.29) is 5.75 Å². The Morgan fingerprint density at radius 1 is 1.19 bits per heavy atom. The predicted molar refractivity (Wildman–Crippen MR) is 90.6 cm³/mol. The molecule has 21 heavy (non-hydrogen) atoms. The van der Waals surface area contributed by atoms with E-state index in [4.69, 9.17) is 11.6 Å². The maximum Gasteiger partial charge on any atom is 0.180 e. The Bertz CT molecular complexity index is 747. The molecule has 0 aromatic heterocycles. The third-order valence-electron chi connectivity index (χ3n) is 3.07. The van der Waals surface area contributed by atoms with Crippen molar-refractivity contribution in [3.8, 4) is 0 Å². The van der Waals surface area contributed by atoms with E-state index in [0.29, 0.717) is 22.2 Å². The Labute approximate surface area is 138 Å². The van der Waals surface area contributed by atoms with Crippen molar-refractivity contribution in [2.45, 2.75) is 18.4 Å². The number of halogens is 2. The van der Waals surface area contributed by atoms with E-state index >= 15 is 0 Å². The van der Waals surface area contributed by atoms with E-state index in [2.05, 4.69) is 21.2 Å². The first-order chi connectivity index (χ1) is 9.94. The quantitative estimate of drug-likeness (QED) is 0.820. The van der Waals surface area contributed by atoms with Gasteiger partial charge in [-0.25, -0.2) is 8.42 Å². The van der Waals surface area contributed by atoms with Gasteiger partial charge in [-0.1, -0.05) is 36.7 Å². The van der Waals surface area contributed by atoms with Gasteiger partial charge in [-0.3, -0.25) is 0 Å². The first-order valence-corrected chi connectivity index (χ1v) is 9.26. The molecule has 0 radical (unpaired) electrons. The lowest BCUT2D eigenvalue weighted by Gasteiger charge is -2.12. The van der Waals surface area contributed by atoms with Crippen LogP contribution in [0.2, 0.25) is 5.02 Å². The number of hydrogen-bond acceptors (Lipinski definition) is 3. The molecule has 2 rings (SSSR count). The zero-order valence-corrected chi connectivity index (χ0v) is 14.6. The average molecular weight is 389 g/mol. The first kappa shape index (κ1) is 16.3. The van der Waals surface area contributed by atoms with Gasteiger partial charge in [0.1, 0.15) is 0 Å². The normalized spacial score (nSPS) is 11.4. The maximum absolute atomic E-state index is 12.1. The minimum Gasteiger partial charge on any atom is -0.380 e. The zero-order chi connectivity index (χ0) is 15.5. The van der Waals surface area contributed by atoms with Gasteiger partial charge in [-0.05, 0) is 45.8 Å². The molecule has 3 nitrogen and oxygen atoms in total. The summed E-state index contributed by atoms with van der Waals surface area (Å²) in [5.74, 6) is 0.0815. The van der Waals surface area contributed by atoms with Crippen LogP contribution in [0.5, 0.6) is 0 Å². The predicted octanol–water partition coefficient (Wildman–Crippen LogP) is 4.51. The van der Waals surface area contributed by atoms with Crippen molar-refractivity contribution in [3.63, 3.8) is 0 Å². The van der Waals surface area contributed by atoms with E-state index in [1.54, 1.807) is 31.2 Å². The van der Waals surface area contributed by atoms with Crippen LogP contribution in [0, 0.1) is 0 Å². The van der Waals surface area contributed by atoms with Crippen LogP contribution < -0.4 is 5.32 Å². The van der Waals surface area contributed by atoms with Crippen LogP contribution in [-0.4, -0.2) is 14.2 Å². The smallest absolute Gasteiger partial charge is 0.180 e. The van der Waals surface area contributed by atoms with E-state index < -0.39 is 9.84 Å². The van der Waals surface area contributed by atoms with Crippen molar-refractivity contribution >= 4 is 43.1 Å². The van der Waals surface area contributed by atoms with E-state index in [1.807, 2.05) is 18.2 Å². The summed E-state index contributed by atoms with van der Waals surface area (Å²) in [5.41, 5.74) is 1.63. The molecule has 0 spiro atoms. The molecule has 0 aliphatic rings. The second kappa shape index (κ2) is 6.81. The summed E-state index contributed by atoms with van der Waals surface area (Å²) in [6.45, 7) is 2.16. The molecule has 0 bridgehead atoms. The molecule has 2 aromatic rings. The molecular weight excluding hydrogens is 374 g/mol. The minimum atomic E-state index is -3.24. The van der Waals surface area contributed by atoms with Gasteiger partial charge in [0.05, 0.1) is 21.4 Å². The van der Waals surface area contributed by atoms with Crippen LogP contribution in [0.4, 0.5) is 5.69 Å². The monoisotopic (exact) mass is 387 g/mol. The highest BCUT2D eigenvalue weighted by atomic mass is 79.9.